The first-order valence-electron chi connectivity index (χ1n) is 14.3. The Labute approximate surface area is 251 Å². The fourth-order valence-corrected chi connectivity index (χ4v) is 5.17. The molecular weight excluding hydrogens is 524 g/mol. The van der Waals surface area contributed by atoms with Crippen molar-refractivity contribution in [1.82, 2.24) is 19.9 Å². The third kappa shape index (κ3) is 5.72. The molecule has 0 aliphatic carbocycles. The summed E-state index contributed by atoms with van der Waals surface area (Å²) in [5.41, 5.74) is 10.8. The lowest BCUT2D eigenvalue weighted by Gasteiger charge is -2.13. The van der Waals surface area contributed by atoms with Crippen molar-refractivity contribution in [2.24, 2.45) is 0 Å². The number of rotatable bonds is 6. The minimum absolute atomic E-state index is 0.635. The second-order valence-corrected chi connectivity index (χ2v) is 10.5. The molecule has 0 N–H and O–H groups in total. The van der Waals surface area contributed by atoms with Crippen molar-refractivity contribution < 1.29 is 0 Å². The first kappa shape index (κ1) is 26.2. The molecule has 2 heterocycles. The van der Waals surface area contributed by atoms with Crippen LogP contribution in [0.3, 0.4) is 0 Å². The minimum atomic E-state index is 0.635. The summed E-state index contributed by atoms with van der Waals surface area (Å²) in [5, 5.41) is 0. The van der Waals surface area contributed by atoms with Gasteiger partial charge < -0.3 is 0 Å². The highest BCUT2D eigenvalue weighted by Crippen LogP contribution is 2.34. The van der Waals surface area contributed by atoms with Crippen molar-refractivity contribution in [3.8, 4) is 67.5 Å². The standard InChI is InChI=1S/C39H28N4/c1-27-12-14-29(15-13-27)34-24-35(30-18-16-28(17-19-30)31-20-22-40-23-21-31)26-36(25-34)39-42-37(32-8-4-2-5-9-32)41-38(43-39)33-10-6-3-7-11-33/h2-26H,1H3. The van der Waals surface area contributed by atoms with Crippen LogP contribution in [-0.4, -0.2) is 19.9 Å². The van der Waals surface area contributed by atoms with E-state index in [0.717, 1.165) is 50.1 Å². The van der Waals surface area contributed by atoms with Gasteiger partial charge in [-0.15, -0.1) is 0 Å². The fraction of sp³-hybridized carbons (Fsp3) is 0.0256. The Morgan fingerprint density at radius 2 is 0.698 bits per heavy atom. The zero-order valence-electron chi connectivity index (χ0n) is 23.7. The van der Waals surface area contributed by atoms with E-state index in [1.807, 2.05) is 85.2 Å². The predicted molar refractivity (Wildman–Crippen MR) is 175 cm³/mol. The molecule has 4 nitrogen and oxygen atoms in total. The van der Waals surface area contributed by atoms with E-state index in [4.69, 9.17) is 15.0 Å². The van der Waals surface area contributed by atoms with Gasteiger partial charge >= 0.3 is 0 Å². The summed E-state index contributed by atoms with van der Waals surface area (Å²) in [5.74, 6) is 1.93. The van der Waals surface area contributed by atoms with E-state index in [0.29, 0.717) is 17.5 Å². The number of benzene rings is 5. The van der Waals surface area contributed by atoms with Crippen LogP contribution >= 0.6 is 0 Å². The minimum Gasteiger partial charge on any atom is -0.265 e. The van der Waals surface area contributed by atoms with Crippen LogP contribution in [0.2, 0.25) is 0 Å². The lowest BCUT2D eigenvalue weighted by molar-refractivity contribution is 1.07. The van der Waals surface area contributed by atoms with E-state index in [1.165, 1.54) is 5.56 Å². The first-order chi connectivity index (χ1) is 21.2. The molecular formula is C39H28N4. The van der Waals surface area contributed by atoms with E-state index in [2.05, 4.69) is 78.6 Å². The van der Waals surface area contributed by atoms with Crippen molar-refractivity contribution in [3.63, 3.8) is 0 Å². The average molecular weight is 553 g/mol. The van der Waals surface area contributed by atoms with E-state index < -0.39 is 0 Å². The van der Waals surface area contributed by atoms with Gasteiger partial charge in [-0.1, -0.05) is 115 Å². The molecule has 0 radical (unpaired) electrons. The maximum absolute atomic E-state index is 5.01. The Morgan fingerprint density at radius 1 is 0.326 bits per heavy atom. The fourth-order valence-electron chi connectivity index (χ4n) is 5.17. The summed E-state index contributed by atoms with van der Waals surface area (Å²) in [6, 6.07) is 48.1. The van der Waals surface area contributed by atoms with Crippen molar-refractivity contribution in [2.75, 3.05) is 0 Å². The summed E-state index contributed by atoms with van der Waals surface area (Å²) in [7, 11) is 0. The zero-order chi connectivity index (χ0) is 29.0. The molecule has 0 atom stereocenters. The Kier molecular flexibility index (Phi) is 7.08. The molecule has 0 aliphatic rings. The lowest BCUT2D eigenvalue weighted by atomic mass is 9.94. The normalized spacial score (nSPS) is 10.9. The molecule has 4 heteroatoms. The topological polar surface area (TPSA) is 51.6 Å². The third-order valence-corrected chi connectivity index (χ3v) is 7.51. The van der Waals surface area contributed by atoms with Crippen molar-refractivity contribution >= 4 is 0 Å². The van der Waals surface area contributed by atoms with Gasteiger partial charge in [0.1, 0.15) is 0 Å². The Morgan fingerprint density at radius 3 is 1.19 bits per heavy atom. The molecule has 0 bridgehead atoms. The van der Waals surface area contributed by atoms with Gasteiger partial charge in [0.25, 0.3) is 0 Å². The number of nitrogens with zero attached hydrogens (tertiary/aromatic N) is 4. The molecule has 5 aromatic carbocycles. The zero-order valence-corrected chi connectivity index (χ0v) is 23.7. The second kappa shape index (κ2) is 11.6. The average Bonchev–Trinajstić information content (AvgIpc) is 3.09. The van der Waals surface area contributed by atoms with Crippen LogP contribution < -0.4 is 0 Å². The number of aryl methyl sites for hydroxylation is 1. The van der Waals surface area contributed by atoms with Gasteiger partial charge in [0.05, 0.1) is 0 Å². The molecule has 0 aliphatic heterocycles. The lowest BCUT2D eigenvalue weighted by Crippen LogP contribution is -2.00. The van der Waals surface area contributed by atoms with E-state index >= 15 is 0 Å². The summed E-state index contributed by atoms with van der Waals surface area (Å²) >= 11 is 0. The van der Waals surface area contributed by atoms with Crippen LogP contribution in [0.15, 0.2) is 152 Å². The van der Waals surface area contributed by atoms with Gasteiger partial charge in [0.15, 0.2) is 17.5 Å². The SMILES string of the molecule is Cc1ccc(-c2cc(-c3ccc(-c4ccncc4)cc3)cc(-c3nc(-c4ccccc4)nc(-c4ccccc4)n3)c2)cc1. The quantitative estimate of drug-likeness (QED) is 0.206. The number of hydrogen-bond donors (Lipinski definition) is 0. The van der Waals surface area contributed by atoms with Crippen LogP contribution in [0, 0.1) is 6.92 Å². The maximum Gasteiger partial charge on any atom is 0.164 e. The highest BCUT2D eigenvalue weighted by Gasteiger charge is 2.15. The van der Waals surface area contributed by atoms with Crippen LogP contribution in [0.1, 0.15) is 5.56 Å². The van der Waals surface area contributed by atoms with E-state index in [9.17, 15) is 0 Å². The van der Waals surface area contributed by atoms with Gasteiger partial charge in [-0.05, 0) is 70.6 Å². The number of pyridine rings is 1. The van der Waals surface area contributed by atoms with Crippen molar-refractivity contribution in [1.29, 1.82) is 0 Å². The molecule has 43 heavy (non-hydrogen) atoms. The summed E-state index contributed by atoms with van der Waals surface area (Å²) < 4.78 is 0. The summed E-state index contributed by atoms with van der Waals surface area (Å²) in [6.07, 6.45) is 3.64. The molecule has 0 spiro atoms. The number of aromatic nitrogens is 4. The Balaban J connectivity index is 1.40. The van der Waals surface area contributed by atoms with Gasteiger partial charge in [-0.3, -0.25) is 4.98 Å². The monoisotopic (exact) mass is 552 g/mol. The molecule has 7 rings (SSSR count). The highest BCUT2D eigenvalue weighted by molar-refractivity contribution is 5.81. The summed E-state index contributed by atoms with van der Waals surface area (Å²) in [4.78, 5) is 19.1. The molecule has 204 valence electrons. The van der Waals surface area contributed by atoms with Gasteiger partial charge in [0, 0.05) is 29.1 Å². The molecule has 0 unspecified atom stereocenters. The van der Waals surface area contributed by atoms with Crippen LogP contribution in [0.25, 0.3) is 67.5 Å². The first-order valence-corrected chi connectivity index (χ1v) is 14.3. The summed E-state index contributed by atoms with van der Waals surface area (Å²) in [6.45, 7) is 2.11. The Bertz CT molecular complexity index is 1930. The molecule has 0 fully saturated rings. The third-order valence-electron chi connectivity index (χ3n) is 7.51. The largest absolute Gasteiger partial charge is 0.265 e. The molecule has 0 saturated carbocycles. The van der Waals surface area contributed by atoms with Crippen molar-refractivity contribution in [2.45, 2.75) is 6.92 Å². The molecule has 7 aromatic rings. The van der Waals surface area contributed by atoms with E-state index in [-0.39, 0.29) is 0 Å². The number of hydrogen-bond acceptors (Lipinski definition) is 4. The van der Waals surface area contributed by atoms with Crippen LogP contribution in [-0.2, 0) is 0 Å². The van der Waals surface area contributed by atoms with Gasteiger partial charge in [-0.2, -0.15) is 0 Å². The second-order valence-electron chi connectivity index (χ2n) is 10.5. The van der Waals surface area contributed by atoms with Crippen molar-refractivity contribution in [3.05, 3.63) is 157 Å². The Hall–Kier alpha value is -5.74. The smallest absolute Gasteiger partial charge is 0.164 e. The van der Waals surface area contributed by atoms with Gasteiger partial charge in [0.2, 0.25) is 0 Å². The molecule has 0 saturated heterocycles. The van der Waals surface area contributed by atoms with E-state index in [1.54, 1.807) is 0 Å². The van der Waals surface area contributed by atoms with Gasteiger partial charge in [-0.25, -0.2) is 15.0 Å². The molecule has 2 aromatic heterocycles. The molecule has 0 amide bonds. The van der Waals surface area contributed by atoms with Crippen LogP contribution in [0.5, 0.6) is 0 Å². The maximum atomic E-state index is 5.01. The highest BCUT2D eigenvalue weighted by atomic mass is 15.0. The predicted octanol–water partition coefficient (Wildman–Crippen LogP) is 9.58. The van der Waals surface area contributed by atoms with Crippen LogP contribution in [0.4, 0.5) is 0 Å².